The van der Waals surface area contributed by atoms with Gasteiger partial charge in [-0.3, -0.25) is 0 Å². The molecule has 1 fully saturated rings. The fourth-order valence-electron chi connectivity index (χ4n) is 3.16. The van der Waals surface area contributed by atoms with Gasteiger partial charge in [0.2, 0.25) is 0 Å². The summed E-state index contributed by atoms with van der Waals surface area (Å²) in [5, 5.41) is 3.68. The van der Waals surface area contributed by atoms with Crippen molar-refractivity contribution in [3.05, 3.63) is 0 Å². The molecule has 0 aromatic heterocycles. The Labute approximate surface area is 121 Å². The van der Waals surface area contributed by atoms with Crippen molar-refractivity contribution in [2.75, 3.05) is 20.1 Å². The molecule has 0 aromatic rings. The van der Waals surface area contributed by atoms with Crippen LogP contribution in [-0.4, -0.2) is 36.6 Å². The highest BCUT2D eigenvalue weighted by Gasteiger charge is 2.21. The first-order chi connectivity index (χ1) is 8.92. The maximum absolute atomic E-state index is 3.68. The Bertz CT molecular complexity index is 226. The lowest BCUT2D eigenvalue weighted by atomic mass is 9.88. The van der Waals surface area contributed by atoms with E-state index in [1.54, 1.807) is 0 Å². The van der Waals surface area contributed by atoms with Crippen LogP contribution in [0.5, 0.6) is 0 Å². The molecule has 1 unspecified atom stereocenters. The van der Waals surface area contributed by atoms with Crippen molar-refractivity contribution in [2.45, 2.75) is 84.2 Å². The fourth-order valence-corrected chi connectivity index (χ4v) is 3.16. The molecule has 1 saturated carbocycles. The summed E-state index contributed by atoms with van der Waals surface area (Å²) >= 11 is 0. The lowest BCUT2D eigenvalue weighted by Crippen LogP contribution is -2.47. The van der Waals surface area contributed by atoms with Crippen molar-refractivity contribution >= 4 is 0 Å². The van der Waals surface area contributed by atoms with Gasteiger partial charge in [0.1, 0.15) is 0 Å². The molecule has 0 saturated heterocycles. The highest BCUT2D eigenvalue weighted by Crippen LogP contribution is 2.25. The van der Waals surface area contributed by atoms with Gasteiger partial charge in [0.15, 0.2) is 0 Å². The normalized spacial score (nSPS) is 19.9. The maximum atomic E-state index is 3.68. The van der Waals surface area contributed by atoms with E-state index in [-0.39, 0.29) is 5.54 Å². The summed E-state index contributed by atoms with van der Waals surface area (Å²) in [5.41, 5.74) is 0.234. The van der Waals surface area contributed by atoms with Gasteiger partial charge in [-0.2, -0.15) is 0 Å². The molecule has 1 atom stereocenters. The summed E-state index contributed by atoms with van der Waals surface area (Å²) in [4.78, 5) is 2.62. The van der Waals surface area contributed by atoms with E-state index in [2.05, 4.69) is 45.0 Å². The standard InChI is InChI=1S/C17H36N2/c1-6-10-16(13-18-17(2,3)4)19(5)14-15-11-8-7-9-12-15/h15-16,18H,6-14H2,1-5H3. The minimum atomic E-state index is 0.234. The lowest BCUT2D eigenvalue weighted by Gasteiger charge is -2.34. The smallest absolute Gasteiger partial charge is 0.0217 e. The van der Waals surface area contributed by atoms with E-state index in [0.717, 1.165) is 12.5 Å². The van der Waals surface area contributed by atoms with Crippen LogP contribution < -0.4 is 5.32 Å². The molecule has 0 heterocycles. The zero-order valence-corrected chi connectivity index (χ0v) is 14.0. The van der Waals surface area contributed by atoms with Crippen molar-refractivity contribution < 1.29 is 0 Å². The molecule has 0 aliphatic heterocycles. The minimum Gasteiger partial charge on any atom is -0.311 e. The Morgan fingerprint density at radius 2 is 1.79 bits per heavy atom. The number of hydrogen-bond acceptors (Lipinski definition) is 2. The van der Waals surface area contributed by atoms with Gasteiger partial charge in [0, 0.05) is 24.7 Å². The monoisotopic (exact) mass is 268 g/mol. The summed E-state index contributed by atoms with van der Waals surface area (Å²) in [6.45, 7) is 11.5. The molecule has 114 valence electrons. The second-order valence-electron chi connectivity index (χ2n) is 7.52. The van der Waals surface area contributed by atoms with Crippen LogP contribution in [0, 0.1) is 5.92 Å². The third kappa shape index (κ3) is 7.31. The Hall–Kier alpha value is -0.0800. The third-order valence-corrected chi connectivity index (χ3v) is 4.38. The second kappa shape index (κ2) is 8.26. The molecule has 2 nitrogen and oxygen atoms in total. The molecule has 0 spiro atoms. The number of hydrogen-bond donors (Lipinski definition) is 1. The predicted octanol–water partition coefficient (Wildman–Crippen LogP) is 4.06. The van der Waals surface area contributed by atoms with E-state index in [0.29, 0.717) is 6.04 Å². The van der Waals surface area contributed by atoms with Gasteiger partial charge >= 0.3 is 0 Å². The van der Waals surface area contributed by atoms with Gasteiger partial charge in [0.25, 0.3) is 0 Å². The van der Waals surface area contributed by atoms with Crippen LogP contribution in [0.3, 0.4) is 0 Å². The van der Waals surface area contributed by atoms with E-state index in [1.165, 1.54) is 51.5 Å². The first kappa shape index (κ1) is 17.0. The first-order valence-electron chi connectivity index (χ1n) is 8.37. The van der Waals surface area contributed by atoms with E-state index in [1.807, 2.05) is 0 Å². The van der Waals surface area contributed by atoms with E-state index < -0.39 is 0 Å². The van der Waals surface area contributed by atoms with Gasteiger partial charge in [-0.15, -0.1) is 0 Å². The second-order valence-corrected chi connectivity index (χ2v) is 7.52. The Morgan fingerprint density at radius 1 is 1.16 bits per heavy atom. The molecular weight excluding hydrogens is 232 g/mol. The zero-order valence-electron chi connectivity index (χ0n) is 14.0. The van der Waals surface area contributed by atoms with Gasteiger partial charge in [0.05, 0.1) is 0 Å². The molecule has 1 N–H and O–H groups in total. The average molecular weight is 268 g/mol. The minimum absolute atomic E-state index is 0.234. The molecule has 0 amide bonds. The van der Waals surface area contributed by atoms with Crippen LogP contribution in [0.2, 0.25) is 0 Å². The third-order valence-electron chi connectivity index (χ3n) is 4.38. The number of likely N-dealkylation sites (N-methyl/N-ethyl adjacent to an activating group) is 1. The van der Waals surface area contributed by atoms with Crippen LogP contribution in [-0.2, 0) is 0 Å². The van der Waals surface area contributed by atoms with E-state index in [4.69, 9.17) is 0 Å². The van der Waals surface area contributed by atoms with E-state index in [9.17, 15) is 0 Å². The molecule has 1 rings (SSSR count). The first-order valence-corrected chi connectivity index (χ1v) is 8.37. The number of rotatable bonds is 7. The topological polar surface area (TPSA) is 15.3 Å². The molecule has 19 heavy (non-hydrogen) atoms. The highest BCUT2D eigenvalue weighted by atomic mass is 15.2. The van der Waals surface area contributed by atoms with Crippen LogP contribution in [0.15, 0.2) is 0 Å². The van der Waals surface area contributed by atoms with Crippen LogP contribution in [0.25, 0.3) is 0 Å². The maximum Gasteiger partial charge on any atom is 0.0217 e. The Morgan fingerprint density at radius 3 is 2.32 bits per heavy atom. The summed E-state index contributed by atoms with van der Waals surface area (Å²) < 4.78 is 0. The zero-order chi connectivity index (χ0) is 14.3. The molecule has 0 radical (unpaired) electrons. The summed E-state index contributed by atoms with van der Waals surface area (Å²) in [7, 11) is 2.33. The lowest BCUT2D eigenvalue weighted by molar-refractivity contribution is 0.164. The van der Waals surface area contributed by atoms with Crippen molar-refractivity contribution in [3.63, 3.8) is 0 Å². The van der Waals surface area contributed by atoms with Crippen molar-refractivity contribution in [1.29, 1.82) is 0 Å². The van der Waals surface area contributed by atoms with Crippen LogP contribution >= 0.6 is 0 Å². The largest absolute Gasteiger partial charge is 0.311 e. The highest BCUT2D eigenvalue weighted by molar-refractivity contribution is 4.79. The average Bonchev–Trinajstić information content (AvgIpc) is 2.34. The summed E-state index contributed by atoms with van der Waals surface area (Å²) in [5.74, 6) is 0.952. The van der Waals surface area contributed by atoms with Gasteiger partial charge in [-0.1, -0.05) is 32.6 Å². The van der Waals surface area contributed by atoms with Crippen LogP contribution in [0.1, 0.15) is 72.6 Å². The molecule has 0 aromatic carbocycles. The molecule has 0 bridgehead atoms. The molecular formula is C17H36N2. The summed E-state index contributed by atoms with van der Waals surface area (Å²) in [6.07, 6.45) is 9.88. The van der Waals surface area contributed by atoms with Gasteiger partial charge < -0.3 is 10.2 Å². The van der Waals surface area contributed by atoms with Crippen molar-refractivity contribution in [2.24, 2.45) is 5.92 Å². The van der Waals surface area contributed by atoms with Crippen molar-refractivity contribution in [1.82, 2.24) is 10.2 Å². The van der Waals surface area contributed by atoms with Crippen molar-refractivity contribution in [3.8, 4) is 0 Å². The SMILES string of the molecule is CCCC(CNC(C)(C)C)N(C)CC1CCCCC1. The fraction of sp³-hybridized carbons (Fsp3) is 1.00. The number of nitrogens with one attached hydrogen (secondary N) is 1. The Balaban J connectivity index is 2.39. The predicted molar refractivity (Wildman–Crippen MR) is 85.7 cm³/mol. The number of nitrogens with zero attached hydrogens (tertiary/aromatic N) is 1. The van der Waals surface area contributed by atoms with Gasteiger partial charge in [-0.25, -0.2) is 0 Å². The summed E-state index contributed by atoms with van der Waals surface area (Å²) in [6, 6.07) is 0.700. The molecule has 1 aliphatic carbocycles. The molecule has 2 heteroatoms. The van der Waals surface area contributed by atoms with Gasteiger partial charge in [-0.05, 0) is 53.0 Å². The van der Waals surface area contributed by atoms with E-state index >= 15 is 0 Å². The molecule has 1 aliphatic rings. The van der Waals surface area contributed by atoms with Crippen LogP contribution in [0.4, 0.5) is 0 Å². The quantitative estimate of drug-likeness (QED) is 0.749. The Kier molecular flexibility index (Phi) is 7.38.